The van der Waals surface area contributed by atoms with E-state index in [2.05, 4.69) is 10.6 Å². The SMILES string of the molecule is CNC(=O)c1ccc(CNCCOCC(F)F)cc1. The van der Waals surface area contributed by atoms with Gasteiger partial charge in [0.25, 0.3) is 12.3 Å². The lowest BCUT2D eigenvalue weighted by atomic mass is 10.1. The molecule has 4 nitrogen and oxygen atoms in total. The predicted molar refractivity (Wildman–Crippen MR) is 68.4 cm³/mol. The van der Waals surface area contributed by atoms with Crippen LogP contribution < -0.4 is 10.6 Å². The molecule has 0 aromatic heterocycles. The largest absolute Gasteiger partial charge is 0.374 e. The number of ether oxygens (including phenoxy) is 1. The second-order valence-electron chi connectivity index (χ2n) is 3.92. The first-order valence-corrected chi connectivity index (χ1v) is 6.01. The number of halogens is 2. The average Bonchev–Trinajstić information content (AvgIpc) is 2.42. The first-order chi connectivity index (χ1) is 9.13. The van der Waals surface area contributed by atoms with E-state index in [4.69, 9.17) is 4.74 Å². The summed E-state index contributed by atoms with van der Waals surface area (Å²) in [7, 11) is 1.58. The van der Waals surface area contributed by atoms with Crippen molar-refractivity contribution in [3.63, 3.8) is 0 Å². The first kappa shape index (κ1) is 15.5. The standard InChI is InChI=1S/C13H18F2N2O2/c1-16-13(18)11-4-2-10(3-5-11)8-17-6-7-19-9-12(14)15/h2-5,12,17H,6-9H2,1H3,(H,16,18). The lowest BCUT2D eigenvalue weighted by Gasteiger charge is -2.06. The second-order valence-corrected chi connectivity index (χ2v) is 3.92. The summed E-state index contributed by atoms with van der Waals surface area (Å²) >= 11 is 0. The van der Waals surface area contributed by atoms with Crippen molar-refractivity contribution in [1.82, 2.24) is 10.6 Å². The molecule has 0 saturated heterocycles. The Kier molecular flexibility index (Phi) is 6.99. The highest BCUT2D eigenvalue weighted by Gasteiger charge is 2.02. The number of hydrogen-bond acceptors (Lipinski definition) is 3. The number of benzene rings is 1. The predicted octanol–water partition coefficient (Wildman–Crippen LogP) is 1.42. The van der Waals surface area contributed by atoms with Crippen molar-refractivity contribution in [2.45, 2.75) is 13.0 Å². The molecular weight excluding hydrogens is 254 g/mol. The number of carbonyl (C=O) groups excluding carboxylic acids is 1. The Morgan fingerprint density at radius 3 is 2.58 bits per heavy atom. The molecular formula is C13H18F2N2O2. The minimum Gasteiger partial charge on any atom is -0.374 e. The molecule has 6 heteroatoms. The van der Waals surface area contributed by atoms with Crippen molar-refractivity contribution in [3.05, 3.63) is 35.4 Å². The number of rotatable bonds is 8. The molecule has 0 saturated carbocycles. The van der Waals surface area contributed by atoms with Crippen molar-refractivity contribution in [1.29, 1.82) is 0 Å². The van der Waals surface area contributed by atoms with Gasteiger partial charge in [-0.1, -0.05) is 12.1 Å². The van der Waals surface area contributed by atoms with Gasteiger partial charge in [-0.2, -0.15) is 0 Å². The summed E-state index contributed by atoms with van der Waals surface area (Å²) in [4.78, 5) is 11.3. The Morgan fingerprint density at radius 2 is 2.00 bits per heavy atom. The molecule has 0 unspecified atom stereocenters. The van der Waals surface area contributed by atoms with E-state index in [0.717, 1.165) is 5.56 Å². The van der Waals surface area contributed by atoms with Gasteiger partial charge in [0, 0.05) is 25.7 Å². The minimum atomic E-state index is -2.42. The van der Waals surface area contributed by atoms with Crippen LogP contribution in [0.2, 0.25) is 0 Å². The van der Waals surface area contributed by atoms with Crippen molar-refractivity contribution in [2.24, 2.45) is 0 Å². The third-order valence-electron chi connectivity index (χ3n) is 2.44. The molecule has 106 valence electrons. The maximum atomic E-state index is 11.8. The highest BCUT2D eigenvalue weighted by atomic mass is 19.3. The van der Waals surface area contributed by atoms with Gasteiger partial charge in [-0.3, -0.25) is 4.79 Å². The van der Waals surface area contributed by atoms with Gasteiger partial charge in [-0.15, -0.1) is 0 Å². The van der Waals surface area contributed by atoms with Gasteiger partial charge < -0.3 is 15.4 Å². The average molecular weight is 272 g/mol. The Labute approximate surface area is 111 Å². The van der Waals surface area contributed by atoms with Gasteiger partial charge in [0.1, 0.15) is 6.61 Å². The van der Waals surface area contributed by atoms with Gasteiger partial charge in [0.05, 0.1) is 6.61 Å². The fourth-order valence-corrected chi connectivity index (χ4v) is 1.47. The summed E-state index contributed by atoms with van der Waals surface area (Å²) < 4.78 is 28.3. The molecule has 1 amide bonds. The van der Waals surface area contributed by atoms with E-state index in [1.165, 1.54) is 0 Å². The normalized spacial score (nSPS) is 10.7. The van der Waals surface area contributed by atoms with Gasteiger partial charge in [0.15, 0.2) is 0 Å². The third-order valence-corrected chi connectivity index (χ3v) is 2.44. The van der Waals surface area contributed by atoms with E-state index in [1.54, 1.807) is 19.2 Å². The molecule has 0 bridgehead atoms. The zero-order chi connectivity index (χ0) is 14.1. The Balaban J connectivity index is 2.21. The van der Waals surface area contributed by atoms with Crippen LogP contribution in [0.3, 0.4) is 0 Å². The molecule has 0 fully saturated rings. The number of hydrogen-bond donors (Lipinski definition) is 2. The zero-order valence-electron chi connectivity index (χ0n) is 10.8. The van der Waals surface area contributed by atoms with Crippen LogP contribution in [0, 0.1) is 0 Å². The van der Waals surface area contributed by atoms with Gasteiger partial charge in [-0.05, 0) is 17.7 Å². The van der Waals surface area contributed by atoms with Crippen LogP contribution in [-0.4, -0.2) is 39.1 Å². The molecule has 1 rings (SSSR count). The molecule has 0 heterocycles. The maximum absolute atomic E-state index is 11.8. The van der Waals surface area contributed by atoms with E-state index >= 15 is 0 Å². The Bertz CT molecular complexity index is 383. The molecule has 0 radical (unpaired) electrons. The van der Waals surface area contributed by atoms with E-state index in [0.29, 0.717) is 18.7 Å². The molecule has 0 aliphatic heterocycles. The fraction of sp³-hybridized carbons (Fsp3) is 0.462. The number of carbonyl (C=O) groups is 1. The Morgan fingerprint density at radius 1 is 1.32 bits per heavy atom. The van der Waals surface area contributed by atoms with E-state index in [9.17, 15) is 13.6 Å². The van der Waals surface area contributed by atoms with Crippen LogP contribution in [0.1, 0.15) is 15.9 Å². The fourth-order valence-electron chi connectivity index (χ4n) is 1.47. The van der Waals surface area contributed by atoms with Crippen LogP contribution in [0.5, 0.6) is 0 Å². The monoisotopic (exact) mass is 272 g/mol. The third kappa shape index (κ3) is 6.26. The van der Waals surface area contributed by atoms with Gasteiger partial charge >= 0.3 is 0 Å². The Hall–Kier alpha value is -1.53. The summed E-state index contributed by atoms with van der Waals surface area (Å²) in [6, 6.07) is 7.17. The topological polar surface area (TPSA) is 50.4 Å². The van der Waals surface area contributed by atoms with Crippen LogP contribution in [0.25, 0.3) is 0 Å². The van der Waals surface area contributed by atoms with E-state index < -0.39 is 13.0 Å². The zero-order valence-corrected chi connectivity index (χ0v) is 10.8. The van der Waals surface area contributed by atoms with Crippen LogP contribution in [-0.2, 0) is 11.3 Å². The molecule has 2 N–H and O–H groups in total. The quantitative estimate of drug-likeness (QED) is 0.704. The maximum Gasteiger partial charge on any atom is 0.261 e. The molecule has 0 spiro atoms. The lowest BCUT2D eigenvalue weighted by molar-refractivity contribution is 0.0187. The lowest BCUT2D eigenvalue weighted by Crippen LogP contribution is -2.21. The summed E-state index contributed by atoms with van der Waals surface area (Å²) in [6.07, 6.45) is -2.42. The molecule has 19 heavy (non-hydrogen) atoms. The molecule has 0 atom stereocenters. The second kappa shape index (κ2) is 8.55. The number of alkyl halides is 2. The minimum absolute atomic E-state index is 0.125. The first-order valence-electron chi connectivity index (χ1n) is 6.01. The highest BCUT2D eigenvalue weighted by Crippen LogP contribution is 2.04. The van der Waals surface area contributed by atoms with E-state index in [1.807, 2.05) is 12.1 Å². The number of amides is 1. The van der Waals surface area contributed by atoms with Gasteiger partial charge in [-0.25, -0.2) is 8.78 Å². The van der Waals surface area contributed by atoms with Crippen molar-refractivity contribution < 1.29 is 18.3 Å². The van der Waals surface area contributed by atoms with Crippen molar-refractivity contribution in [2.75, 3.05) is 26.8 Å². The number of nitrogens with one attached hydrogen (secondary N) is 2. The van der Waals surface area contributed by atoms with Gasteiger partial charge in [0.2, 0.25) is 0 Å². The van der Waals surface area contributed by atoms with Crippen molar-refractivity contribution in [3.8, 4) is 0 Å². The van der Waals surface area contributed by atoms with Crippen molar-refractivity contribution >= 4 is 5.91 Å². The molecule has 1 aromatic carbocycles. The van der Waals surface area contributed by atoms with Crippen LogP contribution in [0.4, 0.5) is 8.78 Å². The molecule has 1 aromatic rings. The van der Waals surface area contributed by atoms with Crippen LogP contribution in [0.15, 0.2) is 24.3 Å². The molecule has 0 aliphatic rings. The smallest absolute Gasteiger partial charge is 0.261 e. The highest BCUT2D eigenvalue weighted by molar-refractivity contribution is 5.93. The summed E-state index contributed by atoms with van der Waals surface area (Å²) in [5.41, 5.74) is 1.62. The molecule has 0 aliphatic carbocycles. The summed E-state index contributed by atoms with van der Waals surface area (Å²) in [5, 5.41) is 5.61. The summed E-state index contributed by atoms with van der Waals surface area (Å²) in [5.74, 6) is -0.125. The van der Waals surface area contributed by atoms with Crippen LogP contribution >= 0.6 is 0 Å². The van der Waals surface area contributed by atoms with E-state index in [-0.39, 0.29) is 12.5 Å². The summed E-state index contributed by atoms with van der Waals surface area (Å²) in [6.45, 7) is 0.832.